The van der Waals surface area contributed by atoms with Crippen LogP contribution in [0.4, 0.5) is 11.5 Å². The summed E-state index contributed by atoms with van der Waals surface area (Å²) in [4.78, 5) is 16.2. The zero-order valence-electron chi connectivity index (χ0n) is 10.5. The fraction of sp³-hybridized carbons (Fsp3) is 0.143. The number of para-hydroxylation sites is 1. The number of benzene rings is 1. The van der Waals surface area contributed by atoms with Crippen LogP contribution < -0.4 is 11.1 Å². The van der Waals surface area contributed by atoms with Crippen molar-refractivity contribution in [1.29, 1.82) is 0 Å². The number of nitrogens with two attached hydrogens (primary N) is 1. The van der Waals surface area contributed by atoms with Crippen LogP contribution in [0.25, 0.3) is 0 Å². The number of hydrogen-bond acceptors (Lipinski definition) is 3. The molecule has 2 rings (SSSR count). The SMILES string of the molecule is Cc1nc(NC(=O)Cc2ccccc2N)ccc1Br. The lowest BCUT2D eigenvalue weighted by atomic mass is 10.1. The van der Waals surface area contributed by atoms with Crippen molar-refractivity contribution in [3.05, 3.63) is 52.1 Å². The van der Waals surface area contributed by atoms with Gasteiger partial charge in [0.2, 0.25) is 5.91 Å². The number of aromatic nitrogens is 1. The molecule has 98 valence electrons. The van der Waals surface area contributed by atoms with Gasteiger partial charge in [-0.3, -0.25) is 4.79 Å². The third-order valence-corrected chi connectivity index (χ3v) is 3.53. The normalized spacial score (nSPS) is 10.2. The van der Waals surface area contributed by atoms with Gasteiger partial charge in [-0.15, -0.1) is 0 Å². The van der Waals surface area contributed by atoms with Gasteiger partial charge >= 0.3 is 0 Å². The van der Waals surface area contributed by atoms with Gasteiger partial charge in [-0.2, -0.15) is 0 Å². The highest BCUT2D eigenvalue weighted by Gasteiger charge is 2.07. The van der Waals surface area contributed by atoms with Crippen molar-refractivity contribution in [3.8, 4) is 0 Å². The van der Waals surface area contributed by atoms with Crippen molar-refractivity contribution in [2.24, 2.45) is 0 Å². The van der Waals surface area contributed by atoms with E-state index >= 15 is 0 Å². The van der Waals surface area contributed by atoms with E-state index in [2.05, 4.69) is 26.2 Å². The molecule has 0 aliphatic heterocycles. The summed E-state index contributed by atoms with van der Waals surface area (Å²) in [5, 5.41) is 2.76. The molecule has 0 aliphatic carbocycles. The fourth-order valence-corrected chi connectivity index (χ4v) is 1.89. The molecule has 1 aromatic heterocycles. The minimum absolute atomic E-state index is 0.132. The second-order valence-corrected chi connectivity index (χ2v) is 5.04. The molecule has 0 radical (unpaired) electrons. The van der Waals surface area contributed by atoms with E-state index < -0.39 is 0 Å². The predicted molar refractivity (Wildman–Crippen MR) is 79.9 cm³/mol. The number of halogens is 1. The van der Waals surface area contributed by atoms with E-state index in [1.165, 1.54) is 0 Å². The number of amides is 1. The molecule has 4 nitrogen and oxygen atoms in total. The van der Waals surface area contributed by atoms with E-state index in [1.807, 2.05) is 31.2 Å². The molecule has 5 heteroatoms. The Hall–Kier alpha value is -1.88. The first-order valence-electron chi connectivity index (χ1n) is 5.82. The summed E-state index contributed by atoms with van der Waals surface area (Å²) in [6.45, 7) is 1.87. The highest BCUT2D eigenvalue weighted by atomic mass is 79.9. The van der Waals surface area contributed by atoms with Gasteiger partial charge in [0.25, 0.3) is 0 Å². The van der Waals surface area contributed by atoms with Crippen LogP contribution in [0, 0.1) is 6.92 Å². The van der Waals surface area contributed by atoms with Gasteiger partial charge in [0.15, 0.2) is 0 Å². The number of pyridine rings is 1. The van der Waals surface area contributed by atoms with Gasteiger partial charge in [0.05, 0.1) is 12.1 Å². The number of nitrogen functional groups attached to an aromatic ring is 1. The van der Waals surface area contributed by atoms with Crippen LogP contribution in [-0.4, -0.2) is 10.9 Å². The first-order valence-corrected chi connectivity index (χ1v) is 6.62. The van der Waals surface area contributed by atoms with E-state index in [1.54, 1.807) is 12.1 Å². The number of nitrogens with zero attached hydrogens (tertiary/aromatic N) is 1. The Morgan fingerprint density at radius 1 is 1.32 bits per heavy atom. The van der Waals surface area contributed by atoms with E-state index in [0.717, 1.165) is 15.7 Å². The van der Waals surface area contributed by atoms with Gasteiger partial charge in [-0.05, 0) is 46.6 Å². The molecule has 1 aromatic carbocycles. The van der Waals surface area contributed by atoms with Crippen molar-refractivity contribution >= 4 is 33.3 Å². The van der Waals surface area contributed by atoms with Crippen LogP contribution in [0.15, 0.2) is 40.9 Å². The smallest absolute Gasteiger partial charge is 0.230 e. The summed E-state index contributed by atoms with van der Waals surface area (Å²) in [5.41, 5.74) is 8.07. The molecular weight excluding hydrogens is 306 g/mol. The summed E-state index contributed by atoms with van der Waals surface area (Å²) < 4.78 is 0.915. The van der Waals surface area contributed by atoms with Gasteiger partial charge in [-0.1, -0.05) is 18.2 Å². The summed E-state index contributed by atoms with van der Waals surface area (Å²) in [5.74, 6) is 0.410. The largest absolute Gasteiger partial charge is 0.398 e. The summed E-state index contributed by atoms with van der Waals surface area (Å²) in [7, 11) is 0. The molecule has 0 fully saturated rings. The van der Waals surface area contributed by atoms with E-state index in [-0.39, 0.29) is 12.3 Å². The molecule has 1 amide bonds. The first kappa shape index (κ1) is 13.5. The van der Waals surface area contributed by atoms with E-state index in [0.29, 0.717) is 11.5 Å². The van der Waals surface area contributed by atoms with Gasteiger partial charge < -0.3 is 11.1 Å². The highest BCUT2D eigenvalue weighted by molar-refractivity contribution is 9.10. The quantitative estimate of drug-likeness (QED) is 0.855. The third kappa shape index (κ3) is 3.54. The number of hydrogen-bond donors (Lipinski definition) is 2. The standard InChI is InChI=1S/C14H14BrN3O/c1-9-11(15)6-7-13(17-9)18-14(19)8-10-4-2-3-5-12(10)16/h2-7H,8,16H2,1H3,(H,17,18,19). The topological polar surface area (TPSA) is 68.0 Å². The average Bonchev–Trinajstić information content (AvgIpc) is 2.37. The van der Waals surface area contributed by atoms with Crippen molar-refractivity contribution in [1.82, 2.24) is 4.98 Å². The zero-order chi connectivity index (χ0) is 13.8. The van der Waals surface area contributed by atoms with Crippen LogP contribution in [0.1, 0.15) is 11.3 Å². The Morgan fingerprint density at radius 2 is 2.05 bits per heavy atom. The molecule has 0 bridgehead atoms. The number of nitrogens with one attached hydrogen (secondary N) is 1. The van der Waals surface area contributed by atoms with E-state index in [9.17, 15) is 4.79 Å². The molecule has 0 aliphatic rings. The monoisotopic (exact) mass is 319 g/mol. The molecule has 0 spiro atoms. The van der Waals surface area contributed by atoms with Crippen LogP contribution in [0.3, 0.4) is 0 Å². The molecule has 0 atom stereocenters. The Balaban J connectivity index is 2.05. The maximum absolute atomic E-state index is 11.9. The van der Waals surface area contributed by atoms with Gasteiger partial charge in [0, 0.05) is 10.2 Å². The molecule has 19 heavy (non-hydrogen) atoms. The summed E-state index contributed by atoms with van der Waals surface area (Å²) >= 11 is 3.37. The summed E-state index contributed by atoms with van der Waals surface area (Å²) in [6.07, 6.45) is 0.240. The number of anilines is 2. The van der Waals surface area contributed by atoms with Crippen LogP contribution in [0.5, 0.6) is 0 Å². The van der Waals surface area contributed by atoms with Crippen LogP contribution in [0.2, 0.25) is 0 Å². The second kappa shape index (κ2) is 5.84. The lowest BCUT2D eigenvalue weighted by Crippen LogP contribution is -2.16. The molecular formula is C14H14BrN3O. The number of carbonyl (C=O) groups excluding carboxylic acids is 1. The number of rotatable bonds is 3. The maximum atomic E-state index is 11.9. The maximum Gasteiger partial charge on any atom is 0.230 e. The molecule has 1 heterocycles. The van der Waals surface area contributed by atoms with Crippen molar-refractivity contribution in [2.45, 2.75) is 13.3 Å². The first-order chi connectivity index (χ1) is 9.06. The van der Waals surface area contributed by atoms with Crippen LogP contribution >= 0.6 is 15.9 Å². The van der Waals surface area contributed by atoms with Crippen molar-refractivity contribution in [3.63, 3.8) is 0 Å². The summed E-state index contributed by atoms with van der Waals surface area (Å²) in [6, 6.07) is 10.9. The van der Waals surface area contributed by atoms with Gasteiger partial charge in [-0.25, -0.2) is 4.98 Å². The lowest BCUT2D eigenvalue weighted by Gasteiger charge is -2.07. The lowest BCUT2D eigenvalue weighted by molar-refractivity contribution is -0.115. The minimum atomic E-state index is -0.132. The van der Waals surface area contributed by atoms with Crippen molar-refractivity contribution < 1.29 is 4.79 Å². The Labute approximate surface area is 120 Å². The molecule has 0 unspecified atom stereocenters. The fourth-order valence-electron chi connectivity index (χ4n) is 1.67. The van der Waals surface area contributed by atoms with E-state index in [4.69, 9.17) is 5.73 Å². The number of carbonyl (C=O) groups is 1. The van der Waals surface area contributed by atoms with Gasteiger partial charge in [0.1, 0.15) is 5.82 Å². The molecule has 2 aromatic rings. The minimum Gasteiger partial charge on any atom is -0.398 e. The van der Waals surface area contributed by atoms with Crippen LogP contribution in [-0.2, 0) is 11.2 Å². The highest BCUT2D eigenvalue weighted by Crippen LogP contribution is 2.17. The average molecular weight is 320 g/mol. The Kier molecular flexibility index (Phi) is 4.16. The molecule has 0 saturated heterocycles. The zero-order valence-corrected chi connectivity index (χ0v) is 12.1. The number of aryl methyl sites for hydroxylation is 1. The van der Waals surface area contributed by atoms with Crippen molar-refractivity contribution in [2.75, 3.05) is 11.1 Å². The molecule has 3 N–H and O–H groups in total. The Morgan fingerprint density at radius 3 is 2.74 bits per heavy atom. The molecule has 0 saturated carbocycles. The predicted octanol–water partition coefficient (Wildman–Crippen LogP) is 2.92. The Bertz CT molecular complexity index is 613. The second-order valence-electron chi connectivity index (χ2n) is 4.19. The third-order valence-electron chi connectivity index (χ3n) is 2.69.